The highest BCUT2D eigenvalue weighted by molar-refractivity contribution is 5.85. The highest BCUT2D eigenvalue weighted by Crippen LogP contribution is 2.51. The summed E-state index contributed by atoms with van der Waals surface area (Å²) in [5.74, 6) is 0.770. The Balaban J connectivity index is 0.00000176. The van der Waals surface area contributed by atoms with Crippen LogP contribution in [0.4, 0.5) is 0 Å². The van der Waals surface area contributed by atoms with E-state index in [2.05, 4.69) is 29.6 Å². The van der Waals surface area contributed by atoms with Gasteiger partial charge in [0.15, 0.2) is 0 Å². The maximum Gasteiger partial charge on any atom is 0.248 e. The molecule has 1 saturated heterocycles. The van der Waals surface area contributed by atoms with Gasteiger partial charge in [0.25, 0.3) is 0 Å². The van der Waals surface area contributed by atoms with Crippen LogP contribution in [0.2, 0.25) is 0 Å². The number of nitrogens with zero attached hydrogens (tertiary/aromatic N) is 2. The lowest BCUT2D eigenvalue weighted by atomic mass is 9.86. The normalized spacial score (nSPS) is 22.0. The Morgan fingerprint density at radius 1 is 1.32 bits per heavy atom. The van der Waals surface area contributed by atoms with E-state index < -0.39 is 5.54 Å². The van der Waals surface area contributed by atoms with Gasteiger partial charge in [0.1, 0.15) is 5.54 Å². The SMILES string of the molecule is CC(C)C1(CNC(=O)C2(n3cccn3)CCNCC2)CC1.Cl. The molecule has 2 N–H and O–H groups in total. The van der Waals surface area contributed by atoms with Gasteiger partial charge in [-0.15, -0.1) is 12.4 Å². The van der Waals surface area contributed by atoms with Crippen molar-refractivity contribution in [3.05, 3.63) is 18.5 Å². The molecule has 5 nitrogen and oxygen atoms in total. The van der Waals surface area contributed by atoms with Gasteiger partial charge in [-0.05, 0) is 56.2 Å². The fourth-order valence-electron chi connectivity index (χ4n) is 3.46. The fraction of sp³-hybridized carbons (Fsp3) is 0.750. The number of amides is 1. The zero-order valence-electron chi connectivity index (χ0n) is 13.5. The molecule has 1 saturated carbocycles. The average Bonchev–Trinajstić information content (AvgIpc) is 3.09. The van der Waals surface area contributed by atoms with E-state index >= 15 is 0 Å². The average molecular weight is 327 g/mol. The summed E-state index contributed by atoms with van der Waals surface area (Å²) in [6.45, 7) is 7.05. The van der Waals surface area contributed by atoms with Crippen LogP contribution in [0.3, 0.4) is 0 Å². The van der Waals surface area contributed by atoms with Crippen molar-refractivity contribution in [2.45, 2.75) is 45.1 Å². The van der Waals surface area contributed by atoms with Crippen molar-refractivity contribution in [3.8, 4) is 0 Å². The molecule has 22 heavy (non-hydrogen) atoms. The molecule has 1 amide bonds. The highest BCUT2D eigenvalue weighted by Gasteiger charge is 2.47. The molecule has 124 valence electrons. The van der Waals surface area contributed by atoms with Gasteiger partial charge in [-0.25, -0.2) is 0 Å². The van der Waals surface area contributed by atoms with Crippen LogP contribution in [0, 0.1) is 11.3 Å². The number of nitrogens with one attached hydrogen (secondary N) is 2. The van der Waals surface area contributed by atoms with Crippen molar-refractivity contribution in [1.29, 1.82) is 0 Å². The first kappa shape index (κ1) is 17.3. The van der Waals surface area contributed by atoms with E-state index in [1.165, 1.54) is 12.8 Å². The molecule has 0 unspecified atom stereocenters. The van der Waals surface area contributed by atoms with E-state index in [1.54, 1.807) is 6.20 Å². The Labute approximate surface area is 138 Å². The predicted molar refractivity (Wildman–Crippen MR) is 89.1 cm³/mol. The van der Waals surface area contributed by atoms with Gasteiger partial charge >= 0.3 is 0 Å². The summed E-state index contributed by atoms with van der Waals surface area (Å²) in [6.07, 6.45) is 7.75. The Morgan fingerprint density at radius 2 is 2.00 bits per heavy atom. The maximum absolute atomic E-state index is 12.9. The molecular formula is C16H27ClN4O. The number of halogens is 1. The van der Waals surface area contributed by atoms with Gasteiger partial charge in [0.05, 0.1) is 0 Å². The lowest BCUT2D eigenvalue weighted by Crippen LogP contribution is -2.55. The molecule has 0 bridgehead atoms. The van der Waals surface area contributed by atoms with Crippen molar-refractivity contribution in [3.63, 3.8) is 0 Å². The molecule has 1 aliphatic heterocycles. The number of hydrogen-bond donors (Lipinski definition) is 2. The van der Waals surface area contributed by atoms with E-state index in [0.717, 1.165) is 32.5 Å². The zero-order chi connectivity index (χ0) is 14.9. The molecule has 1 aliphatic carbocycles. The minimum absolute atomic E-state index is 0. The molecule has 2 aliphatic rings. The van der Waals surface area contributed by atoms with Crippen molar-refractivity contribution in [1.82, 2.24) is 20.4 Å². The van der Waals surface area contributed by atoms with Gasteiger partial charge in [0, 0.05) is 18.9 Å². The summed E-state index contributed by atoms with van der Waals surface area (Å²) in [4.78, 5) is 12.9. The Hall–Kier alpha value is -1.07. The molecule has 6 heteroatoms. The second kappa shape index (κ2) is 6.59. The lowest BCUT2D eigenvalue weighted by Gasteiger charge is -2.37. The monoisotopic (exact) mass is 326 g/mol. The summed E-state index contributed by atoms with van der Waals surface area (Å²) in [7, 11) is 0. The summed E-state index contributed by atoms with van der Waals surface area (Å²) >= 11 is 0. The Bertz CT molecular complexity index is 490. The molecule has 3 rings (SSSR count). The molecule has 1 aromatic rings. The number of aromatic nitrogens is 2. The van der Waals surface area contributed by atoms with E-state index in [-0.39, 0.29) is 18.3 Å². The Kier molecular flexibility index (Phi) is 5.17. The summed E-state index contributed by atoms with van der Waals surface area (Å²) in [6, 6.07) is 1.90. The standard InChI is InChI=1S/C16H26N4O.ClH/c1-13(2)15(4-5-15)12-18-14(21)16(6-9-17-10-7-16)20-11-3-8-19-20;/h3,8,11,13,17H,4-7,9-10,12H2,1-2H3,(H,18,21);1H. The van der Waals surface area contributed by atoms with Crippen LogP contribution in [0.5, 0.6) is 0 Å². The van der Waals surface area contributed by atoms with Gasteiger partial charge in [-0.1, -0.05) is 13.8 Å². The number of carbonyl (C=O) groups is 1. The zero-order valence-corrected chi connectivity index (χ0v) is 14.3. The van der Waals surface area contributed by atoms with Crippen LogP contribution in [0.25, 0.3) is 0 Å². The molecule has 0 spiro atoms. The smallest absolute Gasteiger partial charge is 0.248 e. The third kappa shape index (κ3) is 3.01. The molecule has 2 heterocycles. The van der Waals surface area contributed by atoms with Crippen molar-refractivity contribution >= 4 is 18.3 Å². The number of piperidine rings is 1. The van der Waals surface area contributed by atoms with E-state index in [4.69, 9.17) is 0 Å². The lowest BCUT2D eigenvalue weighted by molar-refractivity contribution is -0.132. The van der Waals surface area contributed by atoms with E-state index in [0.29, 0.717) is 11.3 Å². The minimum Gasteiger partial charge on any atom is -0.353 e. The topological polar surface area (TPSA) is 59.0 Å². The first-order valence-electron chi connectivity index (χ1n) is 8.08. The van der Waals surface area contributed by atoms with Crippen molar-refractivity contribution in [2.24, 2.45) is 11.3 Å². The van der Waals surface area contributed by atoms with E-state index in [1.807, 2.05) is 16.9 Å². The number of carbonyl (C=O) groups excluding carboxylic acids is 1. The van der Waals surface area contributed by atoms with Crippen LogP contribution in [0.1, 0.15) is 39.5 Å². The van der Waals surface area contributed by atoms with Crippen molar-refractivity contribution < 1.29 is 4.79 Å². The van der Waals surface area contributed by atoms with Crippen LogP contribution >= 0.6 is 12.4 Å². The first-order chi connectivity index (χ1) is 10.1. The van der Waals surface area contributed by atoms with Crippen molar-refractivity contribution in [2.75, 3.05) is 19.6 Å². The third-order valence-corrected chi connectivity index (χ3v) is 5.51. The Morgan fingerprint density at radius 3 is 2.50 bits per heavy atom. The second-order valence-electron chi connectivity index (χ2n) is 6.93. The molecule has 0 aromatic carbocycles. The second-order valence-corrected chi connectivity index (χ2v) is 6.93. The quantitative estimate of drug-likeness (QED) is 0.869. The first-order valence-corrected chi connectivity index (χ1v) is 8.08. The van der Waals surface area contributed by atoms with Crippen LogP contribution in [0.15, 0.2) is 18.5 Å². The van der Waals surface area contributed by atoms with Crippen LogP contribution in [-0.4, -0.2) is 35.3 Å². The summed E-state index contributed by atoms with van der Waals surface area (Å²) < 4.78 is 1.86. The molecule has 1 aromatic heterocycles. The molecule has 0 radical (unpaired) electrons. The van der Waals surface area contributed by atoms with Crippen LogP contribution < -0.4 is 10.6 Å². The maximum atomic E-state index is 12.9. The largest absolute Gasteiger partial charge is 0.353 e. The molecule has 0 atom stereocenters. The highest BCUT2D eigenvalue weighted by atomic mass is 35.5. The number of rotatable bonds is 5. The number of hydrogen-bond acceptors (Lipinski definition) is 3. The van der Waals surface area contributed by atoms with E-state index in [9.17, 15) is 4.79 Å². The van der Waals surface area contributed by atoms with Crippen LogP contribution in [-0.2, 0) is 10.3 Å². The van der Waals surface area contributed by atoms with Gasteiger partial charge < -0.3 is 10.6 Å². The van der Waals surface area contributed by atoms with Gasteiger partial charge in [-0.3, -0.25) is 9.48 Å². The predicted octanol–water partition coefficient (Wildman–Crippen LogP) is 1.94. The summed E-state index contributed by atoms with van der Waals surface area (Å²) in [5.41, 5.74) is -0.171. The third-order valence-electron chi connectivity index (χ3n) is 5.51. The van der Waals surface area contributed by atoms with Gasteiger partial charge in [0.2, 0.25) is 5.91 Å². The minimum atomic E-state index is -0.512. The fourth-order valence-corrected chi connectivity index (χ4v) is 3.46. The summed E-state index contributed by atoms with van der Waals surface area (Å²) in [5, 5.41) is 10.9. The molecule has 2 fully saturated rings. The van der Waals surface area contributed by atoms with Gasteiger partial charge in [-0.2, -0.15) is 5.10 Å². The molecular weight excluding hydrogens is 300 g/mol.